The second-order valence-corrected chi connectivity index (χ2v) is 8.41. The SMILES string of the molecule is CCC1=C(CC)C2(C=CC(C(O)c3ccc(Br)cc3)C=C2)C(CC)=C1CC. The third kappa shape index (κ3) is 3.43. The fourth-order valence-electron chi connectivity index (χ4n) is 5.05. The van der Waals surface area contributed by atoms with Crippen molar-refractivity contribution in [3.05, 3.63) is 80.9 Å². The minimum Gasteiger partial charge on any atom is -0.387 e. The van der Waals surface area contributed by atoms with Gasteiger partial charge >= 0.3 is 0 Å². The van der Waals surface area contributed by atoms with E-state index in [9.17, 15) is 5.11 Å². The standard InChI is InChI=1S/C25H31BrO/c1-5-20-21(6-2)23(8-4)25(22(20)7-3)15-13-18(14-16-25)24(27)17-9-11-19(26)12-10-17/h9-16,18,24,27H,5-8H2,1-4H3. The maximum atomic E-state index is 10.9. The molecule has 1 nitrogen and oxygen atoms in total. The van der Waals surface area contributed by atoms with E-state index in [4.69, 9.17) is 0 Å². The highest BCUT2D eigenvalue weighted by Crippen LogP contribution is 2.55. The lowest BCUT2D eigenvalue weighted by Gasteiger charge is -2.34. The summed E-state index contributed by atoms with van der Waals surface area (Å²) in [5.74, 6) is 0.0174. The van der Waals surface area contributed by atoms with E-state index in [0.29, 0.717) is 0 Å². The van der Waals surface area contributed by atoms with Crippen LogP contribution in [0.4, 0.5) is 0 Å². The maximum absolute atomic E-state index is 10.9. The first-order valence-electron chi connectivity index (χ1n) is 10.3. The van der Waals surface area contributed by atoms with Crippen LogP contribution in [0.25, 0.3) is 0 Å². The molecule has 2 heteroatoms. The highest BCUT2D eigenvalue weighted by Gasteiger charge is 2.42. The molecule has 0 aromatic heterocycles. The van der Waals surface area contributed by atoms with Gasteiger partial charge in [-0.05, 0) is 65.7 Å². The van der Waals surface area contributed by atoms with Gasteiger partial charge in [-0.1, -0.05) is 80.1 Å². The number of rotatable bonds is 6. The molecule has 0 bridgehead atoms. The van der Waals surface area contributed by atoms with Crippen LogP contribution in [0.1, 0.15) is 65.0 Å². The molecule has 1 N–H and O–H groups in total. The Morgan fingerprint density at radius 1 is 0.852 bits per heavy atom. The Hall–Kier alpha value is -1.38. The topological polar surface area (TPSA) is 20.2 Å². The molecule has 27 heavy (non-hydrogen) atoms. The summed E-state index contributed by atoms with van der Waals surface area (Å²) in [4.78, 5) is 0. The quantitative estimate of drug-likeness (QED) is 0.467. The fraction of sp³-hybridized carbons (Fsp3) is 0.440. The van der Waals surface area contributed by atoms with Gasteiger partial charge in [-0.15, -0.1) is 0 Å². The van der Waals surface area contributed by atoms with Crippen LogP contribution < -0.4 is 0 Å². The average Bonchev–Trinajstić information content (AvgIpc) is 2.95. The van der Waals surface area contributed by atoms with Crippen LogP contribution in [0.5, 0.6) is 0 Å². The van der Waals surface area contributed by atoms with Crippen molar-refractivity contribution in [3.8, 4) is 0 Å². The van der Waals surface area contributed by atoms with Crippen molar-refractivity contribution in [3.63, 3.8) is 0 Å². The maximum Gasteiger partial charge on any atom is 0.0887 e. The van der Waals surface area contributed by atoms with Gasteiger partial charge < -0.3 is 5.11 Å². The molecule has 0 heterocycles. The van der Waals surface area contributed by atoms with E-state index in [1.54, 1.807) is 22.3 Å². The van der Waals surface area contributed by atoms with E-state index < -0.39 is 6.10 Å². The van der Waals surface area contributed by atoms with Crippen molar-refractivity contribution in [1.29, 1.82) is 0 Å². The molecule has 3 rings (SSSR count). The van der Waals surface area contributed by atoms with E-state index >= 15 is 0 Å². The van der Waals surface area contributed by atoms with E-state index in [-0.39, 0.29) is 11.3 Å². The summed E-state index contributed by atoms with van der Waals surface area (Å²) < 4.78 is 1.03. The fourth-order valence-corrected chi connectivity index (χ4v) is 5.32. The number of benzene rings is 1. The zero-order chi connectivity index (χ0) is 19.6. The molecule has 0 aliphatic heterocycles. The monoisotopic (exact) mass is 426 g/mol. The molecule has 1 aromatic rings. The van der Waals surface area contributed by atoms with Gasteiger partial charge in [0.25, 0.3) is 0 Å². The summed E-state index contributed by atoms with van der Waals surface area (Å²) in [5, 5.41) is 10.9. The first kappa shape index (κ1) is 20.4. The second-order valence-electron chi connectivity index (χ2n) is 7.49. The van der Waals surface area contributed by atoms with Gasteiger partial charge in [-0.3, -0.25) is 0 Å². The minimum absolute atomic E-state index is 0.0174. The van der Waals surface area contributed by atoms with Crippen molar-refractivity contribution in [2.45, 2.75) is 59.5 Å². The molecule has 1 atom stereocenters. The number of halogens is 1. The Morgan fingerprint density at radius 2 is 1.33 bits per heavy atom. The minimum atomic E-state index is -0.510. The van der Waals surface area contributed by atoms with Crippen LogP contribution in [0, 0.1) is 11.3 Å². The lowest BCUT2D eigenvalue weighted by atomic mass is 9.70. The Balaban J connectivity index is 1.96. The number of allylic oxidation sites excluding steroid dienone is 6. The summed E-state index contributed by atoms with van der Waals surface area (Å²) >= 11 is 3.47. The lowest BCUT2D eigenvalue weighted by molar-refractivity contribution is 0.149. The Labute approximate surface area is 172 Å². The van der Waals surface area contributed by atoms with Crippen LogP contribution in [-0.4, -0.2) is 5.11 Å². The lowest BCUT2D eigenvalue weighted by Crippen LogP contribution is -2.23. The third-order valence-electron chi connectivity index (χ3n) is 6.24. The van der Waals surface area contributed by atoms with Crippen molar-refractivity contribution < 1.29 is 5.11 Å². The van der Waals surface area contributed by atoms with Crippen LogP contribution in [0.3, 0.4) is 0 Å². The molecule has 2 aliphatic rings. The summed E-state index contributed by atoms with van der Waals surface area (Å²) in [6.45, 7) is 9.12. The highest BCUT2D eigenvalue weighted by atomic mass is 79.9. The van der Waals surface area contributed by atoms with Crippen molar-refractivity contribution in [2.24, 2.45) is 11.3 Å². The summed E-state index contributed by atoms with van der Waals surface area (Å²) in [6, 6.07) is 7.97. The van der Waals surface area contributed by atoms with Gasteiger partial charge in [0.15, 0.2) is 0 Å². The summed E-state index contributed by atoms with van der Waals surface area (Å²) in [6.07, 6.45) is 13.0. The molecule has 0 saturated carbocycles. The number of aliphatic hydroxyl groups is 1. The zero-order valence-corrected chi connectivity index (χ0v) is 18.5. The number of aliphatic hydroxyl groups excluding tert-OH is 1. The van der Waals surface area contributed by atoms with E-state index in [1.807, 2.05) is 24.3 Å². The second kappa shape index (κ2) is 8.32. The van der Waals surface area contributed by atoms with Gasteiger partial charge in [-0.25, -0.2) is 0 Å². The number of hydrogen-bond donors (Lipinski definition) is 1. The van der Waals surface area contributed by atoms with E-state index in [1.165, 1.54) is 0 Å². The van der Waals surface area contributed by atoms with Crippen LogP contribution in [0.2, 0.25) is 0 Å². The van der Waals surface area contributed by atoms with Crippen LogP contribution in [-0.2, 0) is 0 Å². The molecule has 1 unspecified atom stereocenters. The van der Waals surface area contributed by atoms with Crippen molar-refractivity contribution >= 4 is 15.9 Å². The molecule has 1 spiro atoms. The molecule has 1 aromatic carbocycles. The molecule has 0 fully saturated rings. The molecular weight excluding hydrogens is 396 g/mol. The Kier molecular flexibility index (Phi) is 6.28. The average molecular weight is 427 g/mol. The molecule has 0 saturated heterocycles. The van der Waals surface area contributed by atoms with Gasteiger partial charge in [0, 0.05) is 15.8 Å². The first-order chi connectivity index (χ1) is 13.0. The van der Waals surface area contributed by atoms with Crippen LogP contribution in [0.15, 0.2) is 75.3 Å². The first-order valence-corrected chi connectivity index (χ1v) is 11.1. The van der Waals surface area contributed by atoms with E-state index in [0.717, 1.165) is 35.7 Å². The smallest absolute Gasteiger partial charge is 0.0887 e. The van der Waals surface area contributed by atoms with Crippen molar-refractivity contribution in [2.75, 3.05) is 0 Å². The third-order valence-corrected chi connectivity index (χ3v) is 6.77. The Morgan fingerprint density at radius 3 is 1.74 bits per heavy atom. The van der Waals surface area contributed by atoms with Gasteiger partial charge in [0.1, 0.15) is 0 Å². The molecular formula is C25H31BrO. The highest BCUT2D eigenvalue weighted by molar-refractivity contribution is 9.10. The predicted molar refractivity (Wildman–Crippen MR) is 119 cm³/mol. The molecule has 2 aliphatic carbocycles. The van der Waals surface area contributed by atoms with E-state index in [2.05, 4.69) is 67.9 Å². The van der Waals surface area contributed by atoms with Gasteiger partial charge in [0.05, 0.1) is 6.10 Å². The predicted octanol–water partition coefficient (Wildman–Crippen LogP) is 7.46. The zero-order valence-electron chi connectivity index (χ0n) is 16.9. The summed E-state index contributed by atoms with van der Waals surface area (Å²) in [7, 11) is 0. The number of hydrogen-bond acceptors (Lipinski definition) is 1. The Bertz CT molecular complexity index is 763. The molecule has 0 radical (unpaired) electrons. The molecule has 144 valence electrons. The molecule has 0 amide bonds. The summed E-state index contributed by atoms with van der Waals surface area (Å²) in [5.41, 5.74) is 7.15. The van der Waals surface area contributed by atoms with Crippen molar-refractivity contribution in [1.82, 2.24) is 0 Å². The normalized spacial score (nSPS) is 20.2. The van der Waals surface area contributed by atoms with Crippen LogP contribution >= 0.6 is 15.9 Å². The largest absolute Gasteiger partial charge is 0.387 e. The van der Waals surface area contributed by atoms with Gasteiger partial charge in [0.2, 0.25) is 0 Å². The van der Waals surface area contributed by atoms with Gasteiger partial charge in [-0.2, -0.15) is 0 Å².